The normalized spacial score (nSPS) is 11.4. The number of rotatable bonds is 3. The smallest absolute Gasteiger partial charge is 0.237 e. The summed E-state index contributed by atoms with van der Waals surface area (Å²) in [4.78, 5) is 15.4. The molecule has 0 aliphatic heterocycles. The lowest BCUT2D eigenvalue weighted by molar-refractivity contribution is -0.118. The number of aryl methyl sites for hydroxylation is 1. The third-order valence-corrected chi connectivity index (χ3v) is 4.82. The highest BCUT2D eigenvalue weighted by atomic mass is 79.9. The van der Waals surface area contributed by atoms with Crippen LogP contribution in [0.2, 0.25) is 0 Å². The highest BCUT2D eigenvalue weighted by Gasteiger charge is 2.18. The standard InChI is InChI=1S/C18H15BrN4O2/c1-22-7-13(11-4-5-21-18(25)17(11)22)14-8-23(9-16(20)24)15-3-2-10(19)6-12(14)15/h2-8H,9H2,1H3,(H2,20,24)(H,21,25). The molecule has 126 valence electrons. The van der Waals surface area contributed by atoms with Crippen molar-refractivity contribution in [2.75, 3.05) is 0 Å². The van der Waals surface area contributed by atoms with Crippen molar-refractivity contribution in [1.29, 1.82) is 0 Å². The SMILES string of the molecule is Cn1cc(-c2cn(CC(N)=O)c3ccc(Br)cc23)c2ccnc(O)c21. The summed E-state index contributed by atoms with van der Waals surface area (Å²) in [7, 11) is 1.87. The molecule has 0 fully saturated rings. The van der Waals surface area contributed by atoms with E-state index in [1.54, 1.807) is 6.20 Å². The molecule has 0 bridgehead atoms. The van der Waals surface area contributed by atoms with Crippen molar-refractivity contribution in [2.45, 2.75) is 6.54 Å². The number of halogens is 1. The maximum atomic E-state index is 11.4. The van der Waals surface area contributed by atoms with Crippen molar-refractivity contribution < 1.29 is 9.90 Å². The first kappa shape index (κ1) is 15.7. The summed E-state index contributed by atoms with van der Waals surface area (Å²) in [6.45, 7) is 0.107. The number of carbonyl (C=O) groups excluding carboxylic acids is 1. The lowest BCUT2D eigenvalue weighted by atomic mass is 10.0. The van der Waals surface area contributed by atoms with Crippen molar-refractivity contribution in [3.8, 4) is 17.0 Å². The molecule has 3 aromatic heterocycles. The highest BCUT2D eigenvalue weighted by Crippen LogP contribution is 2.38. The first-order valence-corrected chi connectivity index (χ1v) is 8.45. The average molecular weight is 399 g/mol. The van der Waals surface area contributed by atoms with Crippen molar-refractivity contribution in [2.24, 2.45) is 12.8 Å². The monoisotopic (exact) mass is 398 g/mol. The largest absolute Gasteiger partial charge is 0.492 e. The summed E-state index contributed by atoms with van der Waals surface area (Å²) < 4.78 is 4.64. The van der Waals surface area contributed by atoms with Crippen LogP contribution >= 0.6 is 15.9 Å². The molecular formula is C18H15BrN4O2. The van der Waals surface area contributed by atoms with E-state index >= 15 is 0 Å². The number of nitrogens with two attached hydrogens (primary N) is 1. The van der Waals surface area contributed by atoms with E-state index in [-0.39, 0.29) is 12.4 Å². The molecule has 7 heteroatoms. The maximum Gasteiger partial charge on any atom is 0.237 e. The number of aromatic hydroxyl groups is 1. The Hall–Kier alpha value is -2.80. The Labute approximate surface area is 151 Å². The van der Waals surface area contributed by atoms with Gasteiger partial charge in [-0.2, -0.15) is 0 Å². The topological polar surface area (TPSA) is 86.1 Å². The molecule has 0 aliphatic carbocycles. The molecule has 4 rings (SSSR count). The summed E-state index contributed by atoms with van der Waals surface area (Å²) in [5.41, 5.74) is 8.91. The van der Waals surface area contributed by atoms with Crippen molar-refractivity contribution in [3.05, 3.63) is 47.3 Å². The van der Waals surface area contributed by atoms with Gasteiger partial charge in [0, 0.05) is 57.5 Å². The minimum absolute atomic E-state index is 0.00620. The Morgan fingerprint density at radius 1 is 1.24 bits per heavy atom. The van der Waals surface area contributed by atoms with Crippen molar-refractivity contribution in [3.63, 3.8) is 0 Å². The zero-order valence-electron chi connectivity index (χ0n) is 13.4. The number of aromatic nitrogens is 3. The van der Waals surface area contributed by atoms with Gasteiger partial charge in [0.05, 0.1) is 0 Å². The minimum Gasteiger partial charge on any atom is -0.492 e. The Bertz CT molecular complexity index is 1140. The van der Waals surface area contributed by atoms with E-state index in [1.807, 2.05) is 52.8 Å². The van der Waals surface area contributed by atoms with E-state index in [0.717, 1.165) is 31.9 Å². The number of hydrogen-bond acceptors (Lipinski definition) is 3. The fourth-order valence-electron chi connectivity index (χ4n) is 3.33. The number of hydrogen-bond donors (Lipinski definition) is 2. The second-order valence-corrected chi connectivity index (χ2v) is 6.90. The van der Waals surface area contributed by atoms with Gasteiger partial charge >= 0.3 is 0 Å². The van der Waals surface area contributed by atoms with E-state index in [4.69, 9.17) is 5.73 Å². The molecule has 0 atom stereocenters. The van der Waals surface area contributed by atoms with Crippen molar-refractivity contribution in [1.82, 2.24) is 14.1 Å². The molecule has 1 amide bonds. The van der Waals surface area contributed by atoms with E-state index in [2.05, 4.69) is 20.9 Å². The molecular weight excluding hydrogens is 384 g/mol. The van der Waals surface area contributed by atoms with Crippen LogP contribution in [0.25, 0.3) is 32.9 Å². The number of nitrogens with zero attached hydrogens (tertiary/aromatic N) is 3. The molecule has 4 aromatic rings. The number of primary amides is 1. The Balaban J connectivity index is 2.06. The van der Waals surface area contributed by atoms with Crippen LogP contribution in [0.1, 0.15) is 0 Å². The van der Waals surface area contributed by atoms with Gasteiger partial charge in [0.2, 0.25) is 11.8 Å². The van der Waals surface area contributed by atoms with E-state index in [9.17, 15) is 9.90 Å². The number of amides is 1. The maximum absolute atomic E-state index is 11.4. The summed E-state index contributed by atoms with van der Waals surface area (Å²) in [6, 6.07) is 7.78. The highest BCUT2D eigenvalue weighted by molar-refractivity contribution is 9.10. The fourth-order valence-corrected chi connectivity index (χ4v) is 3.69. The Kier molecular flexibility index (Phi) is 3.54. The first-order chi connectivity index (χ1) is 12.0. The van der Waals surface area contributed by atoms with E-state index in [1.165, 1.54) is 0 Å². The molecule has 3 heterocycles. The van der Waals surface area contributed by atoms with Gasteiger partial charge < -0.3 is 20.0 Å². The van der Waals surface area contributed by atoms with Gasteiger partial charge in [-0.3, -0.25) is 4.79 Å². The number of fused-ring (bicyclic) bond motifs is 2. The molecule has 0 spiro atoms. The van der Waals surface area contributed by atoms with Gasteiger partial charge in [-0.15, -0.1) is 0 Å². The second kappa shape index (κ2) is 5.63. The number of carbonyl (C=O) groups is 1. The lowest BCUT2D eigenvalue weighted by Gasteiger charge is -2.01. The Morgan fingerprint density at radius 3 is 2.76 bits per heavy atom. The Morgan fingerprint density at radius 2 is 2.00 bits per heavy atom. The minimum atomic E-state index is -0.397. The van der Waals surface area contributed by atoms with Crippen LogP contribution in [-0.4, -0.2) is 25.1 Å². The molecule has 6 nitrogen and oxygen atoms in total. The predicted octanol–water partition coefficient (Wildman–Crippen LogP) is 3.15. The first-order valence-electron chi connectivity index (χ1n) is 7.66. The number of benzene rings is 1. The summed E-state index contributed by atoms with van der Waals surface area (Å²) in [5.74, 6) is -0.403. The zero-order valence-corrected chi connectivity index (χ0v) is 15.0. The average Bonchev–Trinajstić information content (AvgIpc) is 3.06. The summed E-state index contributed by atoms with van der Waals surface area (Å²) in [6.07, 6.45) is 5.46. The van der Waals surface area contributed by atoms with Gasteiger partial charge in [-0.25, -0.2) is 4.98 Å². The quantitative estimate of drug-likeness (QED) is 0.555. The number of pyridine rings is 1. The molecule has 25 heavy (non-hydrogen) atoms. The lowest BCUT2D eigenvalue weighted by Crippen LogP contribution is -2.17. The van der Waals surface area contributed by atoms with Gasteiger partial charge in [0.15, 0.2) is 0 Å². The fraction of sp³-hybridized carbons (Fsp3) is 0.111. The van der Waals surface area contributed by atoms with Crippen LogP contribution in [0.3, 0.4) is 0 Å². The molecule has 0 unspecified atom stereocenters. The van der Waals surface area contributed by atoms with Crippen LogP contribution in [0, 0.1) is 0 Å². The van der Waals surface area contributed by atoms with Gasteiger partial charge in [0.25, 0.3) is 0 Å². The predicted molar refractivity (Wildman–Crippen MR) is 100 cm³/mol. The molecule has 0 saturated carbocycles. The summed E-state index contributed by atoms with van der Waals surface area (Å²) in [5, 5.41) is 12.0. The molecule has 0 saturated heterocycles. The van der Waals surface area contributed by atoms with Crippen molar-refractivity contribution >= 4 is 43.6 Å². The van der Waals surface area contributed by atoms with E-state index in [0.29, 0.717) is 5.52 Å². The van der Waals surface area contributed by atoms with Gasteiger partial charge in [-0.05, 0) is 24.3 Å². The molecule has 0 aliphatic rings. The molecule has 0 radical (unpaired) electrons. The van der Waals surface area contributed by atoms with Crippen LogP contribution in [0.5, 0.6) is 5.88 Å². The van der Waals surface area contributed by atoms with Gasteiger partial charge in [-0.1, -0.05) is 15.9 Å². The van der Waals surface area contributed by atoms with Crippen LogP contribution in [0.15, 0.2) is 47.3 Å². The summed E-state index contributed by atoms with van der Waals surface area (Å²) >= 11 is 3.51. The molecule has 1 aromatic carbocycles. The van der Waals surface area contributed by atoms with Gasteiger partial charge in [0.1, 0.15) is 12.1 Å². The third-order valence-electron chi connectivity index (χ3n) is 4.33. The molecule has 3 N–H and O–H groups in total. The van der Waals surface area contributed by atoms with Crippen LogP contribution in [-0.2, 0) is 18.4 Å². The third kappa shape index (κ3) is 2.47. The van der Waals surface area contributed by atoms with Crippen LogP contribution < -0.4 is 5.73 Å². The van der Waals surface area contributed by atoms with Crippen LogP contribution in [0.4, 0.5) is 0 Å². The second-order valence-electron chi connectivity index (χ2n) is 5.98. The zero-order chi connectivity index (χ0) is 17.7. The van der Waals surface area contributed by atoms with E-state index < -0.39 is 5.91 Å².